The molecule has 0 radical (unpaired) electrons. The number of hydrogen-bond acceptors (Lipinski definition) is 3. The van der Waals surface area contributed by atoms with Gasteiger partial charge in [0.2, 0.25) is 0 Å². The molecule has 6 heteroatoms. The molecule has 0 N–H and O–H groups in total. The van der Waals surface area contributed by atoms with Gasteiger partial charge in [-0.15, -0.1) is 0 Å². The Morgan fingerprint density at radius 3 is 1.68 bits per heavy atom. The van der Waals surface area contributed by atoms with E-state index in [4.69, 9.17) is 12.3 Å². The van der Waals surface area contributed by atoms with E-state index < -0.39 is 29.3 Å². The number of unbranched alkanes of at least 4 members (excludes halogenated alkanes) is 10. The predicted octanol–water partition coefficient (Wildman–Crippen LogP) is 2.58. The molecule has 0 spiro atoms. The highest BCUT2D eigenvalue weighted by Crippen LogP contribution is 2.13. The van der Waals surface area contributed by atoms with Crippen molar-refractivity contribution < 1.29 is 12.3 Å². The first-order valence-electron chi connectivity index (χ1n) is 8.24. The molecule has 0 aromatic carbocycles. The molecular formula is C13H32O3Si3. The summed E-state index contributed by atoms with van der Waals surface area (Å²) in [5, 5.41) is 0. The summed E-state index contributed by atoms with van der Waals surface area (Å²) in [7, 11) is -2.41. The van der Waals surface area contributed by atoms with Crippen molar-refractivity contribution in [2.75, 3.05) is 0 Å². The van der Waals surface area contributed by atoms with Gasteiger partial charge in [-0.05, 0) is 6.04 Å². The molecule has 19 heavy (non-hydrogen) atoms. The molecule has 0 aliphatic carbocycles. The van der Waals surface area contributed by atoms with Crippen LogP contribution in [0.2, 0.25) is 6.04 Å². The Kier molecular flexibility index (Phi) is 12.5. The van der Waals surface area contributed by atoms with E-state index in [9.17, 15) is 0 Å². The summed E-state index contributed by atoms with van der Waals surface area (Å²) >= 11 is 0. The van der Waals surface area contributed by atoms with Crippen LogP contribution < -0.4 is 0 Å². The van der Waals surface area contributed by atoms with Crippen molar-refractivity contribution in [3.8, 4) is 0 Å². The largest absolute Gasteiger partial charge is 0.425 e. The molecule has 0 atom stereocenters. The topological polar surface area (TPSA) is 27.7 Å². The Morgan fingerprint density at radius 1 is 0.684 bits per heavy atom. The van der Waals surface area contributed by atoms with Crippen LogP contribution >= 0.6 is 0 Å². The maximum absolute atomic E-state index is 5.64. The van der Waals surface area contributed by atoms with Gasteiger partial charge in [0.05, 0.1) is 0 Å². The fourth-order valence-electron chi connectivity index (χ4n) is 2.47. The first-order chi connectivity index (χ1) is 9.43. The van der Waals surface area contributed by atoms with Gasteiger partial charge in [-0.1, -0.05) is 77.6 Å². The molecule has 1 heterocycles. The van der Waals surface area contributed by atoms with Crippen LogP contribution in [-0.2, 0) is 12.3 Å². The van der Waals surface area contributed by atoms with Crippen LogP contribution in [0.25, 0.3) is 0 Å². The lowest BCUT2D eigenvalue weighted by molar-refractivity contribution is 0.320. The van der Waals surface area contributed by atoms with Crippen LogP contribution in [-0.4, -0.2) is 29.3 Å². The van der Waals surface area contributed by atoms with E-state index in [0.29, 0.717) is 0 Å². The molecule has 1 aliphatic heterocycles. The van der Waals surface area contributed by atoms with Crippen LogP contribution in [0.3, 0.4) is 0 Å². The lowest BCUT2D eigenvalue weighted by Crippen LogP contribution is -2.34. The van der Waals surface area contributed by atoms with Gasteiger partial charge >= 0.3 is 9.28 Å². The highest BCUT2D eigenvalue weighted by atomic mass is 28.4. The molecule has 1 saturated heterocycles. The van der Waals surface area contributed by atoms with E-state index >= 15 is 0 Å². The first kappa shape index (κ1) is 17.6. The zero-order chi connectivity index (χ0) is 13.6. The zero-order valence-corrected chi connectivity index (χ0v) is 16.7. The van der Waals surface area contributed by atoms with Crippen molar-refractivity contribution in [1.82, 2.24) is 0 Å². The molecule has 0 unspecified atom stereocenters. The van der Waals surface area contributed by atoms with Gasteiger partial charge in [-0.3, -0.25) is 0 Å². The molecular weight excluding hydrogens is 288 g/mol. The lowest BCUT2D eigenvalue weighted by atomic mass is 10.1. The average molecular weight is 321 g/mol. The van der Waals surface area contributed by atoms with Crippen LogP contribution in [0.5, 0.6) is 0 Å². The van der Waals surface area contributed by atoms with Crippen molar-refractivity contribution >= 4 is 29.3 Å². The summed E-state index contributed by atoms with van der Waals surface area (Å²) in [5.41, 5.74) is 0. The normalized spacial score (nSPS) is 22.3. The Labute approximate surface area is 125 Å². The third-order valence-electron chi connectivity index (χ3n) is 3.72. The van der Waals surface area contributed by atoms with Crippen molar-refractivity contribution in [2.24, 2.45) is 0 Å². The summed E-state index contributed by atoms with van der Waals surface area (Å²) in [6.07, 6.45) is 15.5. The Hall–Kier alpha value is 0.531. The molecule has 0 bridgehead atoms. The van der Waals surface area contributed by atoms with E-state index in [-0.39, 0.29) is 0 Å². The van der Waals surface area contributed by atoms with Crippen molar-refractivity contribution in [1.29, 1.82) is 0 Å². The molecule has 0 saturated carbocycles. The summed E-state index contributed by atoms with van der Waals surface area (Å²) in [6.45, 7) is 2.28. The molecule has 0 amide bonds. The van der Waals surface area contributed by atoms with E-state index in [1.54, 1.807) is 0 Å². The minimum atomic E-state index is -1.21. The van der Waals surface area contributed by atoms with Crippen LogP contribution in [0.15, 0.2) is 0 Å². The first-order valence-corrected chi connectivity index (χ1v) is 12.3. The fourth-order valence-corrected chi connectivity index (χ4v) is 9.67. The fraction of sp³-hybridized carbons (Fsp3) is 1.00. The van der Waals surface area contributed by atoms with Crippen LogP contribution in [0, 0.1) is 0 Å². The SMILES string of the molecule is CCCCCCCCCCCCC[SiH]1O[SiH2]O[SiH2]O1. The summed E-state index contributed by atoms with van der Waals surface area (Å²) < 4.78 is 16.6. The highest BCUT2D eigenvalue weighted by Gasteiger charge is 2.16. The summed E-state index contributed by atoms with van der Waals surface area (Å²) in [5.74, 6) is 0. The monoisotopic (exact) mass is 320 g/mol. The molecule has 1 fully saturated rings. The van der Waals surface area contributed by atoms with Crippen LogP contribution in [0.1, 0.15) is 77.6 Å². The molecule has 0 aromatic rings. The van der Waals surface area contributed by atoms with Crippen molar-refractivity contribution in [3.05, 3.63) is 0 Å². The second-order valence-corrected chi connectivity index (χ2v) is 11.7. The quantitative estimate of drug-likeness (QED) is 0.409. The van der Waals surface area contributed by atoms with Gasteiger partial charge < -0.3 is 12.3 Å². The van der Waals surface area contributed by atoms with Gasteiger partial charge in [0.25, 0.3) is 20.0 Å². The van der Waals surface area contributed by atoms with Crippen LogP contribution in [0.4, 0.5) is 0 Å². The van der Waals surface area contributed by atoms with Gasteiger partial charge in [-0.2, -0.15) is 0 Å². The van der Waals surface area contributed by atoms with E-state index in [0.717, 1.165) is 0 Å². The average Bonchev–Trinajstić information content (AvgIpc) is 2.46. The van der Waals surface area contributed by atoms with E-state index in [1.165, 1.54) is 76.7 Å². The minimum absolute atomic E-state index is 0.601. The summed E-state index contributed by atoms with van der Waals surface area (Å²) in [4.78, 5) is 0. The Morgan fingerprint density at radius 2 is 1.16 bits per heavy atom. The van der Waals surface area contributed by atoms with Gasteiger partial charge in [0, 0.05) is 0 Å². The Bertz CT molecular complexity index is 190. The third-order valence-corrected chi connectivity index (χ3v) is 9.99. The highest BCUT2D eigenvalue weighted by molar-refractivity contribution is 6.61. The van der Waals surface area contributed by atoms with Gasteiger partial charge in [0.1, 0.15) is 0 Å². The Balaban J connectivity index is 1.71. The lowest BCUT2D eigenvalue weighted by Gasteiger charge is -2.21. The summed E-state index contributed by atoms with van der Waals surface area (Å²) in [6, 6.07) is 1.22. The smallest absolute Gasteiger partial charge is 0.303 e. The molecule has 114 valence electrons. The molecule has 3 nitrogen and oxygen atoms in total. The van der Waals surface area contributed by atoms with E-state index in [1.807, 2.05) is 0 Å². The standard InChI is InChI=1S/C13H32O3Si3/c1-2-3-4-5-6-7-8-9-10-11-12-13-19-15-17-14-18-16-19/h19H,2-13,17-18H2,1H3. The molecule has 1 rings (SSSR count). The maximum atomic E-state index is 5.64. The second kappa shape index (κ2) is 13.5. The second-order valence-electron chi connectivity index (χ2n) is 5.53. The predicted molar refractivity (Wildman–Crippen MR) is 88.8 cm³/mol. The van der Waals surface area contributed by atoms with Gasteiger partial charge in [-0.25, -0.2) is 0 Å². The van der Waals surface area contributed by atoms with Crippen molar-refractivity contribution in [3.63, 3.8) is 0 Å². The van der Waals surface area contributed by atoms with Gasteiger partial charge in [0.15, 0.2) is 0 Å². The third kappa shape index (κ3) is 10.9. The molecule has 1 aliphatic rings. The maximum Gasteiger partial charge on any atom is 0.303 e. The minimum Gasteiger partial charge on any atom is -0.425 e. The van der Waals surface area contributed by atoms with Crippen molar-refractivity contribution in [2.45, 2.75) is 83.6 Å². The molecule has 0 aromatic heterocycles. The number of hydrogen-bond donors (Lipinski definition) is 0. The zero-order valence-electron chi connectivity index (χ0n) is 12.7. The van der Waals surface area contributed by atoms with E-state index in [2.05, 4.69) is 6.92 Å². The number of rotatable bonds is 12.